The summed E-state index contributed by atoms with van der Waals surface area (Å²) in [5.41, 5.74) is 0.350. The van der Waals surface area contributed by atoms with Crippen molar-refractivity contribution < 1.29 is 14.6 Å². The second kappa shape index (κ2) is 5.40. The van der Waals surface area contributed by atoms with Crippen LogP contribution >= 0.6 is 0 Å². The fourth-order valence-electron chi connectivity index (χ4n) is 2.46. The van der Waals surface area contributed by atoms with E-state index in [9.17, 15) is 9.90 Å². The van der Waals surface area contributed by atoms with Gasteiger partial charge in [0.15, 0.2) is 0 Å². The van der Waals surface area contributed by atoms with E-state index < -0.39 is 11.5 Å². The number of carbonyl (C=O) groups is 1. The van der Waals surface area contributed by atoms with Crippen LogP contribution < -0.4 is 10.1 Å². The Kier molecular flexibility index (Phi) is 3.87. The maximum Gasteiger partial charge on any atom is 0.323 e. The quantitative estimate of drug-likeness (QED) is 0.839. The first-order chi connectivity index (χ1) is 8.66. The molecule has 2 rings (SSSR count). The highest BCUT2D eigenvalue weighted by Crippen LogP contribution is 2.30. The van der Waals surface area contributed by atoms with Crippen molar-refractivity contribution >= 4 is 5.97 Å². The lowest BCUT2D eigenvalue weighted by atomic mass is 9.97. The van der Waals surface area contributed by atoms with Crippen LogP contribution in [0.25, 0.3) is 0 Å². The van der Waals surface area contributed by atoms with Crippen molar-refractivity contribution in [3.63, 3.8) is 0 Å². The number of methoxy groups -OCH3 is 1. The van der Waals surface area contributed by atoms with Crippen molar-refractivity contribution in [3.8, 4) is 5.75 Å². The van der Waals surface area contributed by atoms with Crippen LogP contribution in [0, 0.1) is 0 Å². The molecule has 1 aliphatic rings. The monoisotopic (exact) mass is 249 g/mol. The number of aliphatic carboxylic acids is 1. The smallest absolute Gasteiger partial charge is 0.323 e. The summed E-state index contributed by atoms with van der Waals surface area (Å²) < 4.78 is 5.09. The second-order valence-electron chi connectivity index (χ2n) is 4.80. The molecule has 1 fully saturated rings. The largest absolute Gasteiger partial charge is 0.497 e. The first-order valence-electron chi connectivity index (χ1n) is 6.28. The first kappa shape index (κ1) is 12.9. The summed E-state index contributed by atoms with van der Waals surface area (Å²) in [6.07, 6.45) is 3.42. The Bertz CT molecular complexity index is 408. The number of ether oxygens (including phenoxy) is 1. The molecule has 0 heterocycles. The Hall–Kier alpha value is -1.55. The number of carboxylic acids is 1. The Balaban J connectivity index is 1.99. The van der Waals surface area contributed by atoms with Gasteiger partial charge >= 0.3 is 5.97 Å². The minimum absolute atomic E-state index is 0.580. The molecule has 18 heavy (non-hydrogen) atoms. The molecule has 0 spiro atoms. The van der Waals surface area contributed by atoms with Gasteiger partial charge in [0.2, 0.25) is 0 Å². The molecule has 0 aliphatic heterocycles. The van der Waals surface area contributed by atoms with Crippen molar-refractivity contribution in [2.45, 2.75) is 37.8 Å². The topological polar surface area (TPSA) is 58.6 Å². The predicted molar refractivity (Wildman–Crippen MR) is 68.7 cm³/mol. The lowest BCUT2D eigenvalue weighted by Gasteiger charge is -2.25. The molecule has 0 amide bonds. The van der Waals surface area contributed by atoms with Crippen LogP contribution in [0.2, 0.25) is 0 Å². The zero-order valence-corrected chi connectivity index (χ0v) is 10.6. The molecule has 4 heteroatoms. The van der Waals surface area contributed by atoms with Gasteiger partial charge in [-0.3, -0.25) is 10.1 Å². The molecule has 0 radical (unpaired) electrons. The van der Waals surface area contributed by atoms with E-state index in [1.54, 1.807) is 7.11 Å². The van der Waals surface area contributed by atoms with Gasteiger partial charge in [-0.15, -0.1) is 0 Å². The highest BCUT2D eigenvalue weighted by molar-refractivity contribution is 5.79. The lowest BCUT2D eigenvalue weighted by molar-refractivity contribution is -0.144. The van der Waals surface area contributed by atoms with Crippen molar-refractivity contribution in [2.24, 2.45) is 0 Å². The van der Waals surface area contributed by atoms with Crippen LogP contribution in [0.5, 0.6) is 5.75 Å². The molecule has 0 aromatic heterocycles. The number of nitrogens with one attached hydrogen (secondary N) is 1. The van der Waals surface area contributed by atoms with Gasteiger partial charge in [-0.25, -0.2) is 0 Å². The van der Waals surface area contributed by atoms with E-state index in [0.717, 1.165) is 37.0 Å². The van der Waals surface area contributed by atoms with E-state index in [2.05, 4.69) is 5.32 Å². The third-order valence-corrected chi connectivity index (χ3v) is 3.66. The molecule has 0 bridgehead atoms. The number of benzene rings is 1. The van der Waals surface area contributed by atoms with Crippen molar-refractivity contribution in [3.05, 3.63) is 29.8 Å². The first-order valence-corrected chi connectivity index (χ1v) is 6.28. The van der Waals surface area contributed by atoms with Gasteiger partial charge in [0.05, 0.1) is 7.11 Å². The van der Waals surface area contributed by atoms with E-state index in [1.807, 2.05) is 24.3 Å². The fourth-order valence-corrected chi connectivity index (χ4v) is 2.46. The van der Waals surface area contributed by atoms with Crippen LogP contribution in [0.3, 0.4) is 0 Å². The Labute approximate surface area is 107 Å². The summed E-state index contributed by atoms with van der Waals surface area (Å²) in [7, 11) is 1.63. The Morgan fingerprint density at radius 2 is 1.94 bits per heavy atom. The van der Waals surface area contributed by atoms with Gasteiger partial charge in [-0.1, -0.05) is 25.0 Å². The van der Waals surface area contributed by atoms with Crippen LogP contribution in [0.4, 0.5) is 0 Å². The number of rotatable bonds is 5. The van der Waals surface area contributed by atoms with E-state index >= 15 is 0 Å². The molecular formula is C14H19NO3. The molecule has 1 saturated carbocycles. The van der Waals surface area contributed by atoms with Crippen molar-refractivity contribution in [1.82, 2.24) is 5.32 Å². The maximum absolute atomic E-state index is 11.4. The van der Waals surface area contributed by atoms with Gasteiger partial charge in [-0.2, -0.15) is 0 Å². The second-order valence-corrected chi connectivity index (χ2v) is 4.80. The molecule has 1 aliphatic carbocycles. The van der Waals surface area contributed by atoms with Gasteiger partial charge < -0.3 is 9.84 Å². The van der Waals surface area contributed by atoms with Crippen LogP contribution in [0.15, 0.2) is 24.3 Å². The number of carboxylic acid groups (broad SMARTS) is 1. The van der Waals surface area contributed by atoms with E-state index in [1.165, 1.54) is 0 Å². The summed E-state index contributed by atoms with van der Waals surface area (Å²) in [4.78, 5) is 11.4. The van der Waals surface area contributed by atoms with Gasteiger partial charge in [0, 0.05) is 6.54 Å². The van der Waals surface area contributed by atoms with Gasteiger partial charge in [0.1, 0.15) is 11.3 Å². The average molecular weight is 249 g/mol. The molecule has 0 saturated heterocycles. The normalized spacial score (nSPS) is 17.6. The molecule has 0 unspecified atom stereocenters. The summed E-state index contributed by atoms with van der Waals surface area (Å²) in [6.45, 7) is 0.580. The van der Waals surface area contributed by atoms with E-state index in [4.69, 9.17) is 4.74 Å². The summed E-state index contributed by atoms with van der Waals surface area (Å²) in [5, 5.41) is 12.5. The Morgan fingerprint density at radius 3 is 2.44 bits per heavy atom. The molecule has 1 aromatic rings. The number of hydrogen-bond donors (Lipinski definition) is 2. The predicted octanol–water partition coefficient (Wildman–Crippen LogP) is 2.18. The third kappa shape index (κ3) is 2.64. The SMILES string of the molecule is COc1ccc(CNC2(C(=O)O)CCCC2)cc1. The lowest BCUT2D eigenvalue weighted by Crippen LogP contribution is -2.49. The standard InChI is InChI=1S/C14H19NO3/c1-18-12-6-4-11(5-7-12)10-15-14(13(16)17)8-2-3-9-14/h4-7,15H,2-3,8-10H2,1H3,(H,16,17). The van der Waals surface area contributed by atoms with Crippen molar-refractivity contribution in [1.29, 1.82) is 0 Å². The van der Waals surface area contributed by atoms with Crippen LogP contribution in [-0.2, 0) is 11.3 Å². The van der Waals surface area contributed by atoms with Crippen molar-refractivity contribution in [2.75, 3.05) is 7.11 Å². The average Bonchev–Trinajstić information content (AvgIpc) is 2.87. The highest BCUT2D eigenvalue weighted by Gasteiger charge is 2.40. The van der Waals surface area contributed by atoms with E-state index in [-0.39, 0.29) is 0 Å². The van der Waals surface area contributed by atoms with Crippen LogP contribution in [0.1, 0.15) is 31.2 Å². The van der Waals surface area contributed by atoms with Crippen LogP contribution in [-0.4, -0.2) is 23.7 Å². The molecule has 1 aromatic carbocycles. The molecule has 98 valence electrons. The molecule has 2 N–H and O–H groups in total. The minimum atomic E-state index is -0.728. The fraction of sp³-hybridized carbons (Fsp3) is 0.500. The molecule has 0 atom stereocenters. The maximum atomic E-state index is 11.4. The summed E-state index contributed by atoms with van der Waals surface area (Å²) in [5.74, 6) is 0.0843. The van der Waals surface area contributed by atoms with Gasteiger partial charge in [0.25, 0.3) is 0 Å². The zero-order chi connectivity index (χ0) is 13.0. The van der Waals surface area contributed by atoms with E-state index in [0.29, 0.717) is 6.54 Å². The third-order valence-electron chi connectivity index (χ3n) is 3.66. The summed E-state index contributed by atoms with van der Waals surface area (Å²) >= 11 is 0. The Morgan fingerprint density at radius 1 is 1.33 bits per heavy atom. The van der Waals surface area contributed by atoms with Gasteiger partial charge in [-0.05, 0) is 30.5 Å². The zero-order valence-electron chi connectivity index (χ0n) is 10.6. The summed E-state index contributed by atoms with van der Waals surface area (Å²) in [6, 6.07) is 7.69. The molecular weight excluding hydrogens is 230 g/mol. The minimum Gasteiger partial charge on any atom is -0.497 e. The number of hydrogen-bond acceptors (Lipinski definition) is 3. The molecule has 4 nitrogen and oxygen atoms in total. The highest BCUT2D eigenvalue weighted by atomic mass is 16.5.